The minimum absolute atomic E-state index is 0.0412. The fourth-order valence-corrected chi connectivity index (χ4v) is 5.51. The van der Waals surface area contributed by atoms with Crippen LogP contribution in [0, 0.1) is 0 Å². The van der Waals surface area contributed by atoms with Crippen LogP contribution in [0.2, 0.25) is 0 Å². The fraction of sp³-hybridized carbons (Fsp3) is 0.263. The van der Waals surface area contributed by atoms with Gasteiger partial charge in [0.1, 0.15) is 0 Å². The Morgan fingerprint density at radius 3 is 2.62 bits per heavy atom. The van der Waals surface area contributed by atoms with Gasteiger partial charge >= 0.3 is 0 Å². The molecular weight excluding hydrogens is 320 g/mol. The molecule has 2 aromatic carbocycles. The molecule has 1 saturated heterocycles. The van der Waals surface area contributed by atoms with Crippen molar-refractivity contribution < 1.29 is 9.59 Å². The Bertz CT molecular complexity index is 881. The molecule has 0 unspecified atom stereocenters. The summed E-state index contributed by atoms with van der Waals surface area (Å²) in [5.74, 6) is 0.0905. The summed E-state index contributed by atoms with van der Waals surface area (Å²) >= 11 is 1.54. The number of hydrogen-bond acceptors (Lipinski definition) is 3. The van der Waals surface area contributed by atoms with E-state index in [-0.39, 0.29) is 11.8 Å². The van der Waals surface area contributed by atoms with E-state index in [0.29, 0.717) is 19.4 Å². The van der Waals surface area contributed by atoms with Crippen molar-refractivity contribution >= 4 is 35.0 Å². The molecule has 3 heterocycles. The van der Waals surface area contributed by atoms with E-state index in [4.69, 9.17) is 0 Å². The van der Waals surface area contributed by atoms with Crippen molar-refractivity contribution in [1.29, 1.82) is 0 Å². The third-order valence-electron chi connectivity index (χ3n) is 5.14. The highest BCUT2D eigenvalue weighted by molar-refractivity contribution is 8.02. The summed E-state index contributed by atoms with van der Waals surface area (Å²) in [6.45, 7) is 0.693. The van der Waals surface area contributed by atoms with Gasteiger partial charge in [0.25, 0.3) is 5.91 Å². The molecule has 120 valence electrons. The van der Waals surface area contributed by atoms with Crippen molar-refractivity contribution in [2.75, 3.05) is 16.3 Å². The Morgan fingerprint density at radius 1 is 1.00 bits per heavy atom. The third kappa shape index (κ3) is 1.70. The lowest BCUT2D eigenvalue weighted by atomic mass is 10.1. The van der Waals surface area contributed by atoms with E-state index in [1.165, 1.54) is 5.56 Å². The zero-order chi connectivity index (χ0) is 16.3. The number of para-hydroxylation sites is 2. The Labute approximate surface area is 144 Å². The van der Waals surface area contributed by atoms with Crippen LogP contribution in [0.25, 0.3) is 0 Å². The monoisotopic (exact) mass is 336 g/mol. The highest BCUT2D eigenvalue weighted by Gasteiger charge is 2.59. The van der Waals surface area contributed by atoms with Gasteiger partial charge in [0.15, 0.2) is 4.87 Å². The number of nitrogens with zero attached hydrogens (tertiary/aromatic N) is 2. The quantitative estimate of drug-likeness (QED) is 0.803. The van der Waals surface area contributed by atoms with Crippen LogP contribution < -0.4 is 9.80 Å². The summed E-state index contributed by atoms with van der Waals surface area (Å²) in [6.07, 6.45) is 1.88. The van der Waals surface area contributed by atoms with E-state index in [0.717, 1.165) is 22.7 Å². The van der Waals surface area contributed by atoms with Gasteiger partial charge in [-0.1, -0.05) is 42.1 Å². The molecule has 2 aromatic rings. The number of fused-ring (bicyclic) bond motifs is 4. The van der Waals surface area contributed by atoms with Crippen LogP contribution in [0.3, 0.4) is 0 Å². The molecule has 1 fully saturated rings. The average molecular weight is 336 g/mol. The third-order valence-corrected chi connectivity index (χ3v) is 6.60. The second kappa shape index (κ2) is 4.86. The number of anilines is 2. The Hall–Kier alpha value is -2.27. The number of amides is 2. The molecule has 0 radical (unpaired) electrons. The molecule has 0 N–H and O–H groups in total. The van der Waals surface area contributed by atoms with Crippen LogP contribution >= 0.6 is 11.8 Å². The van der Waals surface area contributed by atoms with Crippen LogP contribution in [0.15, 0.2) is 53.4 Å². The van der Waals surface area contributed by atoms with Gasteiger partial charge in [-0.25, -0.2) is 0 Å². The van der Waals surface area contributed by atoms with Gasteiger partial charge in [-0.05, 0) is 36.6 Å². The highest BCUT2D eigenvalue weighted by atomic mass is 32.2. The maximum atomic E-state index is 13.5. The summed E-state index contributed by atoms with van der Waals surface area (Å²) in [6, 6.07) is 15.9. The standard InChI is InChI=1S/C19H16N2O2S/c22-17-9-11-19(21(17)15-7-3-4-8-16(15)24-19)18(23)20-12-10-13-5-1-2-6-14(13)20/h1-8H,9-12H2/t19-/m1/s1. The molecule has 0 bridgehead atoms. The van der Waals surface area contributed by atoms with Crippen molar-refractivity contribution in [1.82, 2.24) is 0 Å². The fourth-order valence-electron chi connectivity index (χ4n) is 4.04. The number of carbonyl (C=O) groups excluding carboxylic acids is 2. The van der Waals surface area contributed by atoms with E-state index in [9.17, 15) is 9.59 Å². The topological polar surface area (TPSA) is 40.6 Å². The maximum absolute atomic E-state index is 13.5. The number of thioether (sulfide) groups is 1. The van der Waals surface area contributed by atoms with Gasteiger partial charge in [0.05, 0.1) is 5.69 Å². The number of hydrogen-bond donors (Lipinski definition) is 0. The molecular formula is C19H16N2O2S. The second-order valence-electron chi connectivity index (χ2n) is 6.42. The molecule has 3 aliphatic rings. The largest absolute Gasteiger partial charge is 0.309 e. The number of benzene rings is 2. The molecule has 0 saturated carbocycles. The van der Waals surface area contributed by atoms with Crippen LogP contribution in [0.4, 0.5) is 11.4 Å². The van der Waals surface area contributed by atoms with Crippen LogP contribution in [-0.2, 0) is 16.0 Å². The molecule has 0 aliphatic carbocycles. The van der Waals surface area contributed by atoms with Crippen molar-refractivity contribution in [3.8, 4) is 0 Å². The van der Waals surface area contributed by atoms with E-state index in [2.05, 4.69) is 6.07 Å². The summed E-state index contributed by atoms with van der Waals surface area (Å²) in [7, 11) is 0. The van der Waals surface area contributed by atoms with Gasteiger partial charge in [0, 0.05) is 23.5 Å². The molecule has 5 heteroatoms. The molecule has 24 heavy (non-hydrogen) atoms. The summed E-state index contributed by atoms with van der Waals surface area (Å²) in [5, 5.41) is 0. The molecule has 2 amide bonds. The normalized spacial score (nSPS) is 24.1. The Balaban J connectivity index is 1.59. The number of rotatable bonds is 1. The van der Waals surface area contributed by atoms with Gasteiger partial charge in [-0.3, -0.25) is 14.5 Å². The van der Waals surface area contributed by atoms with Gasteiger partial charge in [-0.15, -0.1) is 0 Å². The van der Waals surface area contributed by atoms with E-state index >= 15 is 0 Å². The zero-order valence-corrected chi connectivity index (χ0v) is 13.9. The second-order valence-corrected chi connectivity index (χ2v) is 7.74. The number of carbonyl (C=O) groups is 2. The van der Waals surface area contributed by atoms with Crippen molar-refractivity contribution in [2.45, 2.75) is 29.0 Å². The first-order valence-corrected chi connectivity index (χ1v) is 9.03. The SMILES string of the molecule is O=C1CC[C@]2(C(=O)N3CCc4ccccc43)Sc3ccccc3N12. The van der Waals surface area contributed by atoms with Crippen LogP contribution in [0.5, 0.6) is 0 Å². The highest BCUT2D eigenvalue weighted by Crippen LogP contribution is 2.56. The lowest BCUT2D eigenvalue weighted by Gasteiger charge is -2.33. The van der Waals surface area contributed by atoms with Gasteiger partial charge in [0.2, 0.25) is 5.91 Å². The van der Waals surface area contributed by atoms with Crippen molar-refractivity contribution in [2.24, 2.45) is 0 Å². The lowest BCUT2D eigenvalue weighted by molar-refractivity contribution is -0.122. The van der Waals surface area contributed by atoms with E-state index in [1.807, 2.05) is 47.4 Å². The average Bonchev–Trinajstić information content (AvgIpc) is 3.26. The van der Waals surface area contributed by atoms with E-state index in [1.54, 1.807) is 16.7 Å². The van der Waals surface area contributed by atoms with Gasteiger partial charge < -0.3 is 4.90 Å². The summed E-state index contributed by atoms with van der Waals surface area (Å²) in [5.41, 5.74) is 3.08. The van der Waals surface area contributed by atoms with E-state index < -0.39 is 4.87 Å². The molecule has 1 atom stereocenters. The Kier molecular flexibility index (Phi) is 2.86. The maximum Gasteiger partial charge on any atom is 0.264 e. The predicted molar refractivity (Wildman–Crippen MR) is 94.2 cm³/mol. The van der Waals surface area contributed by atoms with Crippen molar-refractivity contribution in [3.05, 3.63) is 54.1 Å². The van der Waals surface area contributed by atoms with Crippen molar-refractivity contribution in [3.63, 3.8) is 0 Å². The molecule has 0 aromatic heterocycles. The lowest BCUT2D eigenvalue weighted by Crippen LogP contribution is -2.53. The summed E-state index contributed by atoms with van der Waals surface area (Å²) < 4.78 is 0. The zero-order valence-electron chi connectivity index (χ0n) is 13.1. The Morgan fingerprint density at radius 2 is 1.75 bits per heavy atom. The summed E-state index contributed by atoms with van der Waals surface area (Å²) in [4.78, 5) is 29.9. The van der Waals surface area contributed by atoms with Gasteiger partial charge in [-0.2, -0.15) is 0 Å². The molecule has 3 aliphatic heterocycles. The first kappa shape index (κ1) is 14.1. The predicted octanol–water partition coefficient (Wildman–Crippen LogP) is 3.20. The minimum Gasteiger partial charge on any atom is -0.309 e. The van der Waals surface area contributed by atoms with Crippen LogP contribution in [0.1, 0.15) is 18.4 Å². The molecule has 5 rings (SSSR count). The molecule has 0 spiro atoms. The van der Waals surface area contributed by atoms with Crippen LogP contribution in [-0.4, -0.2) is 23.2 Å². The first-order chi connectivity index (χ1) is 11.7. The minimum atomic E-state index is -0.807. The molecule has 4 nitrogen and oxygen atoms in total. The smallest absolute Gasteiger partial charge is 0.264 e. The first-order valence-electron chi connectivity index (χ1n) is 8.22.